The summed E-state index contributed by atoms with van der Waals surface area (Å²) in [6.07, 6.45) is 2.76. The van der Waals surface area contributed by atoms with Crippen molar-refractivity contribution in [2.75, 3.05) is 6.61 Å². The third kappa shape index (κ3) is 2.37. The van der Waals surface area contributed by atoms with E-state index in [0.29, 0.717) is 6.61 Å². The topological polar surface area (TPSA) is 55.0 Å². The molecule has 2 rings (SSSR count). The number of ether oxygens (including phenoxy) is 1. The Balaban J connectivity index is 1.80. The van der Waals surface area contributed by atoms with Crippen LogP contribution in [0.4, 0.5) is 0 Å². The molecule has 4 nitrogen and oxygen atoms in total. The van der Waals surface area contributed by atoms with Crippen LogP contribution in [0, 0.1) is 19.8 Å². The van der Waals surface area contributed by atoms with E-state index in [-0.39, 0.29) is 11.9 Å². The second-order valence-electron chi connectivity index (χ2n) is 4.10. The summed E-state index contributed by atoms with van der Waals surface area (Å²) in [7, 11) is 0. The molecule has 1 fully saturated rings. The fraction of sp³-hybridized carbons (Fsp3) is 0.636. The van der Waals surface area contributed by atoms with Crippen molar-refractivity contribution in [3.8, 4) is 0 Å². The third-order valence-corrected chi connectivity index (χ3v) is 2.79. The van der Waals surface area contributed by atoms with Gasteiger partial charge in [0, 0.05) is 12.1 Å². The van der Waals surface area contributed by atoms with E-state index in [1.165, 1.54) is 5.56 Å². The monoisotopic (exact) mass is 208 g/mol. The van der Waals surface area contributed by atoms with Gasteiger partial charge in [-0.3, -0.25) is 9.89 Å². The smallest absolute Gasteiger partial charge is 0.308 e. The number of aromatic nitrogens is 2. The normalized spacial score (nSPS) is 15.3. The van der Waals surface area contributed by atoms with Crippen molar-refractivity contribution in [2.24, 2.45) is 5.92 Å². The first-order valence-corrected chi connectivity index (χ1v) is 5.35. The van der Waals surface area contributed by atoms with Crippen molar-refractivity contribution < 1.29 is 9.53 Å². The van der Waals surface area contributed by atoms with E-state index in [1.807, 2.05) is 13.8 Å². The maximum atomic E-state index is 11.3. The Morgan fingerprint density at radius 3 is 2.80 bits per heavy atom. The van der Waals surface area contributed by atoms with Crippen LogP contribution in [-0.4, -0.2) is 22.8 Å². The number of hydrogen-bond donors (Lipinski definition) is 1. The molecule has 0 radical (unpaired) electrons. The molecule has 1 heterocycles. The number of carbonyl (C=O) groups is 1. The Morgan fingerprint density at radius 1 is 1.53 bits per heavy atom. The Morgan fingerprint density at radius 2 is 2.27 bits per heavy atom. The average Bonchev–Trinajstić information content (AvgIpc) is 2.99. The molecule has 15 heavy (non-hydrogen) atoms. The van der Waals surface area contributed by atoms with Crippen molar-refractivity contribution in [3.05, 3.63) is 17.0 Å². The van der Waals surface area contributed by atoms with E-state index in [4.69, 9.17) is 4.74 Å². The van der Waals surface area contributed by atoms with Crippen molar-refractivity contribution >= 4 is 5.97 Å². The van der Waals surface area contributed by atoms with Crippen molar-refractivity contribution in [1.29, 1.82) is 0 Å². The minimum Gasteiger partial charge on any atom is -0.465 e. The highest BCUT2D eigenvalue weighted by Crippen LogP contribution is 2.30. The Labute approximate surface area is 89.0 Å². The summed E-state index contributed by atoms with van der Waals surface area (Å²) in [5, 5.41) is 7.02. The van der Waals surface area contributed by atoms with Gasteiger partial charge < -0.3 is 4.74 Å². The fourth-order valence-electron chi connectivity index (χ4n) is 1.63. The van der Waals surface area contributed by atoms with Gasteiger partial charge in [-0.2, -0.15) is 5.10 Å². The van der Waals surface area contributed by atoms with Crippen molar-refractivity contribution in [2.45, 2.75) is 33.1 Å². The maximum absolute atomic E-state index is 11.3. The largest absolute Gasteiger partial charge is 0.465 e. The van der Waals surface area contributed by atoms with Gasteiger partial charge in [0.15, 0.2) is 0 Å². The molecule has 0 aliphatic heterocycles. The molecule has 1 aromatic heterocycles. The molecule has 0 amide bonds. The summed E-state index contributed by atoms with van der Waals surface area (Å²) in [6, 6.07) is 0. The lowest BCUT2D eigenvalue weighted by atomic mass is 10.1. The summed E-state index contributed by atoms with van der Waals surface area (Å²) in [6.45, 7) is 4.41. The Hall–Kier alpha value is -1.32. The second-order valence-corrected chi connectivity index (χ2v) is 4.10. The molecular formula is C11H16N2O2. The summed E-state index contributed by atoms with van der Waals surface area (Å²) in [5.74, 6) is 0.158. The van der Waals surface area contributed by atoms with E-state index in [1.54, 1.807) is 0 Å². The van der Waals surface area contributed by atoms with Crippen LogP contribution in [0.5, 0.6) is 0 Å². The first-order valence-electron chi connectivity index (χ1n) is 5.35. The van der Waals surface area contributed by atoms with E-state index < -0.39 is 0 Å². The number of nitrogens with zero attached hydrogens (tertiary/aromatic N) is 1. The van der Waals surface area contributed by atoms with Gasteiger partial charge in [0.2, 0.25) is 0 Å². The zero-order valence-corrected chi connectivity index (χ0v) is 9.17. The zero-order chi connectivity index (χ0) is 10.8. The molecule has 0 spiro atoms. The van der Waals surface area contributed by atoms with Crippen molar-refractivity contribution in [1.82, 2.24) is 10.2 Å². The fourth-order valence-corrected chi connectivity index (χ4v) is 1.63. The lowest BCUT2D eigenvalue weighted by Gasteiger charge is -2.03. The van der Waals surface area contributed by atoms with E-state index in [9.17, 15) is 4.79 Å². The maximum Gasteiger partial charge on any atom is 0.308 e. The number of esters is 1. The van der Waals surface area contributed by atoms with Gasteiger partial charge in [-0.25, -0.2) is 0 Å². The Kier molecular flexibility index (Phi) is 2.75. The van der Waals surface area contributed by atoms with E-state index in [2.05, 4.69) is 10.2 Å². The van der Waals surface area contributed by atoms with Crippen LogP contribution in [0.25, 0.3) is 0 Å². The molecule has 0 atom stereocenters. The lowest BCUT2D eigenvalue weighted by molar-refractivity contribution is -0.145. The van der Waals surface area contributed by atoms with Gasteiger partial charge in [0.1, 0.15) is 0 Å². The van der Waals surface area contributed by atoms with Gasteiger partial charge in [0.05, 0.1) is 18.2 Å². The van der Waals surface area contributed by atoms with Crippen LogP contribution in [0.1, 0.15) is 29.8 Å². The highest BCUT2D eigenvalue weighted by atomic mass is 16.5. The molecule has 0 bridgehead atoms. The molecule has 0 aromatic carbocycles. The lowest BCUT2D eigenvalue weighted by Crippen LogP contribution is -2.09. The summed E-state index contributed by atoms with van der Waals surface area (Å²) in [4.78, 5) is 11.3. The number of nitrogens with one attached hydrogen (secondary N) is 1. The number of rotatable bonds is 4. The molecule has 0 saturated heterocycles. The number of aromatic amines is 1. The minimum atomic E-state index is -0.0335. The number of hydrogen-bond acceptors (Lipinski definition) is 3. The number of carbonyl (C=O) groups excluding carboxylic acids is 1. The second kappa shape index (κ2) is 4.04. The molecule has 82 valence electrons. The highest BCUT2D eigenvalue weighted by molar-refractivity contribution is 5.74. The minimum absolute atomic E-state index is 0.0335. The molecule has 1 N–H and O–H groups in total. The van der Waals surface area contributed by atoms with Gasteiger partial charge in [-0.05, 0) is 32.3 Å². The predicted molar refractivity (Wildman–Crippen MR) is 55.4 cm³/mol. The van der Waals surface area contributed by atoms with Gasteiger partial charge in [0.25, 0.3) is 0 Å². The Bertz CT molecular complexity index is 347. The molecular weight excluding hydrogens is 192 g/mol. The van der Waals surface area contributed by atoms with Crippen LogP contribution < -0.4 is 0 Å². The van der Waals surface area contributed by atoms with Gasteiger partial charge in [-0.1, -0.05) is 0 Å². The van der Waals surface area contributed by atoms with E-state index in [0.717, 1.165) is 30.7 Å². The third-order valence-electron chi connectivity index (χ3n) is 2.79. The molecule has 1 aliphatic rings. The van der Waals surface area contributed by atoms with Crippen LogP contribution in [0.3, 0.4) is 0 Å². The van der Waals surface area contributed by atoms with Crippen LogP contribution in [0.15, 0.2) is 0 Å². The molecule has 0 unspecified atom stereocenters. The summed E-state index contributed by atoms with van der Waals surface area (Å²) >= 11 is 0. The summed E-state index contributed by atoms with van der Waals surface area (Å²) < 4.78 is 5.17. The summed E-state index contributed by atoms with van der Waals surface area (Å²) in [5.41, 5.74) is 3.23. The first-order chi connectivity index (χ1) is 7.18. The first kappa shape index (κ1) is 10.2. The molecule has 1 aromatic rings. The van der Waals surface area contributed by atoms with Crippen LogP contribution >= 0.6 is 0 Å². The van der Waals surface area contributed by atoms with Gasteiger partial charge >= 0.3 is 5.97 Å². The quantitative estimate of drug-likeness (QED) is 0.763. The highest BCUT2D eigenvalue weighted by Gasteiger charge is 2.31. The van der Waals surface area contributed by atoms with Crippen LogP contribution in [0.2, 0.25) is 0 Å². The number of aryl methyl sites for hydroxylation is 2. The SMILES string of the molecule is Cc1n[nH]c(C)c1CCOC(=O)C1CC1. The molecule has 1 saturated carbocycles. The molecule has 1 aliphatic carbocycles. The zero-order valence-electron chi connectivity index (χ0n) is 9.17. The number of H-pyrrole nitrogens is 1. The average molecular weight is 208 g/mol. The van der Waals surface area contributed by atoms with Crippen LogP contribution in [-0.2, 0) is 16.0 Å². The van der Waals surface area contributed by atoms with Crippen molar-refractivity contribution in [3.63, 3.8) is 0 Å². The van der Waals surface area contributed by atoms with Gasteiger partial charge in [-0.15, -0.1) is 0 Å². The predicted octanol–water partition coefficient (Wildman–Crippen LogP) is 1.52. The molecule has 4 heteroatoms. The standard InChI is InChI=1S/C11H16N2O2/c1-7-10(8(2)13-12-7)5-6-15-11(14)9-3-4-9/h9H,3-6H2,1-2H3,(H,12,13). The van der Waals surface area contributed by atoms with E-state index >= 15 is 0 Å².